The van der Waals surface area contributed by atoms with E-state index in [1.807, 2.05) is 21.0 Å². The molecule has 72 valence electrons. The van der Waals surface area contributed by atoms with Crippen LogP contribution in [0.4, 0.5) is 0 Å². The van der Waals surface area contributed by atoms with Crippen LogP contribution in [0, 0.1) is 0 Å². The van der Waals surface area contributed by atoms with E-state index in [1.54, 1.807) is 0 Å². The molecule has 0 aliphatic rings. The molecule has 2 amide bonds. The van der Waals surface area contributed by atoms with Gasteiger partial charge in [-0.15, -0.1) is 0 Å². The maximum absolute atomic E-state index is 10.3. The molecular formula is C7H17N3O2. The van der Waals surface area contributed by atoms with Crippen molar-refractivity contribution in [3.8, 4) is 0 Å². The molecule has 0 aliphatic carbocycles. The summed E-state index contributed by atoms with van der Waals surface area (Å²) in [4.78, 5) is 20.3. The molecule has 0 aromatic rings. The number of nitrogens with one attached hydrogen (secondary N) is 2. The minimum Gasteiger partial charge on any atom is -0.361 e. The van der Waals surface area contributed by atoms with Crippen molar-refractivity contribution in [1.29, 1.82) is 0 Å². The van der Waals surface area contributed by atoms with Crippen molar-refractivity contribution in [3.05, 3.63) is 0 Å². The van der Waals surface area contributed by atoms with Gasteiger partial charge in [0.1, 0.15) is 0 Å². The van der Waals surface area contributed by atoms with E-state index in [0.29, 0.717) is 6.54 Å². The van der Waals surface area contributed by atoms with Gasteiger partial charge in [0, 0.05) is 6.54 Å². The lowest BCUT2D eigenvalue weighted by Crippen LogP contribution is -2.36. The smallest absolute Gasteiger partial charge is 0.309 e. The molecule has 0 rings (SSSR count). The van der Waals surface area contributed by atoms with Gasteiger partial charge in [0.05, 0.1) is 0 Å². The summed E-state index contributed by atoms with van der Waals surface area (Å²) in [5, 5.41) is 5.07. The molecule has 12 heavy (non-hydrogen) atoms. The van der Waals surface area contributed by atoms with Crippen LogP contribution in [-0.4, -0.2) is 32.5 Å². The van der Waals surface area contributed by atoms with Crippen molar-refractivity contribution in [2.24, 2.45) is 5.73 Å². The SMILES string of the molecule is CCCNC(=O)C(N)=O.CNC. The van der Waals surface area contributed by atoms with Crippen LogP contribution in [0.3, 0.4) is 0 Å². The van der Waals surface area contributed by atoms with Crippen LogP contribution in [0.1, 0.15) is 13.3 Å². The summed E-state index contributed by atoms with van der Waals surface area (Å²) < 4.78 is 0. The lowest BCUT2D eigenvalue weighted by atomic mass is 10.4. The molecule has 0 saturated heterocycles. The first kappa shape index (κ1) is 13.5. The molecule has 5 nitrogen and oxygen atoms in total. The van der Waals surface area contributed by atoms with E-state index in [1.165, 1.54) is 0 Å². The quantitative estimate of drug-likeness (QED) is 0.462. The summed E-state index contributed by atoms with van der Waals surface area (Å²) in [5.41, 5.74) is 4.63. The predicted octanol–water partition coefficient (Wildman–Crippen LogP) is -1.17. The minimum atomic E-state index is -0.927. The lowest BCUT2D eigenvalue weighted by Gasteiger charge is -1.96. The van der Waals surface area contributed by atoms with Crippen LogP contribution in [0.25, 0.3) is 0 Å². The topological polar surface area (TPSA) is 84.2 Å². The Morgan fingerprint density at radius 1 is 1.33 bits per heavy atom. The second-order valence-electron chi connectivity index (χ2n) is 2.12. The molecule has 4 N–H and O–H groups in total. The molecule has 0 fully saturated rings. The third-order valence-electron chi connectivity index (χ3n) is 0.759. The van der Waals surface area contributed by atoms with E-state index in [0.717, 1.165) is 6.42 Å². The number of nitrogens with two attached hydrogens (primary N) is 1. The molecule has 0 unspecified atom stereocenters. The Labute approximate surface area is 72.7 Å². The van der Waals surface area contributed by atoms with E-state index in [-0.39, 0.29) is 0 Å². The van der Waals surface area contributed by atoms with Gasteiger partial charge < -0.3 is 16.4 Å². The number of primary amides is 1. The van der Waals surface area contributed by atoms with Gasteiger partial charge in [0.15, 0.2) is 0 Å². The first-order valence-electron chi connectivity index (χ1n) is 3.76. The van der Waals surface area contributed by atoms with Crippen LogP contribution >= 0.6 is 0 Å². The maximum Gasteiger partial charge on any atom is 0.309 e. The maximum atomic E-state index is 10.3. The summed E-state index contributed by atoms with van der Waals surface area (Å²) in [6.45, 7) is 2.39. The molecule has 0 heterocycles. The molecular weight excluding hydrogens is 158 g/mol. The van der Waals surface area contributed by atoms with Gasteiger partial charge in [-0.25, -0.2) is 0 Å². The van der Waals surface area contributed by atoms with Gasteiger partial charge >= 0.3 is 11.8 Å². The highest BCUT2D eigenvalue weighted by Crippen LogP contribution is 1.69. The fraction of sp³-hybridized carbons (Fsp3) is 0.714. The average molecular weight is 175 g/mol. The highest BCUT2D eigenvalue weighted by atomic mass is 16.2. The molecule has 0 spiro atoms. The van der Waals surface area contributed by atoms with Crippen molar-refractivity contribution >= 4 is 11.8 Å². The number of amides is 2. The van der Waals surface area contributed by atoms with Crippen LogP contribution in [0.2, 0.25) is 0 Å². The van der Waals surface area contributed by atoms with Gasteiger partial charge in [0.2, 0.25) is 0 Å². The van der Waals surface area contributed by atoms with Crippen LogP contribution in [0.15, 0.2) is 0 Å². The zero-order chi connectivity index (χ0) is 9.98. The zero-order valence-corrected chi connectivity index (χ0v) is 7.81. The fourth-order valence-corrected chi connectivity index (χ4v) is 0.326. The largest absolute Gasteiger partial charge is 0.361 e. The third-order valence-corrected chi connectivity index (χ3v) is 0.759. The normalized spacial score (nSPS) is 7.92. The summed E-state index contributed by atoms with van der Waals surface area (Å²) in [5.74, 6) is -1.64. The zero-order valence-electron chi connectivity index (χ0n) is 7.81. The van der Waals surface area contributed by atoms with E-state index < -0.39 is 11.8 Å². The van der Waals surface area contributed by atoms with Crippen molar-refractivity contribution in [2.75, 3.05) is 20.6 Å². The molecule has 0 bridgehead atoms. The molecule has 5 heteroatoms. The summed E-state index contributed by atoms with van der Waals surface area (Å²) >= 11 is 0. The van der Waals surface area contributed by atoms with Crippen LogP contribution in [0.5, 0.6) is 0 Å². The van der Waals surface area contributed by atoms with Gasteiger partial charge in [-0.1, -0.05) is 6.92 Å². The van der Waals surface area contributed by atoms with E-state index >= 15 is 0 Å². The fourth-order valence-electron chi connectivity index (χ4n) is 0.326. The summed E-state index contributed by atoms with van der Waals surface area (Å²) in [6.07, 6.45) is 0.805. The lowest BCUT2D eigenvalue weighted by molar-refractivity contribution is -0.137. The number of carbonyl (C=O) groups is 2. The summed E-state index contributed by atoms with van der Waals surface area (Å²) in [7, 11) is 3.75. The molecule has 0 atom stereocenters. The van der Waals surface area contributed by atoms with Crippen molar-refractivity contribution in [1.82, 2.24) is 10.6 Å². The number of rotatable bonds is 2. The first-order valence-corrected chi connectivity index (χ1v) is 3.76. The highest BCUT2D eigenvalue weighted by molar-refractivity contribution is 6.34. The Morgan fingerprint density at radius 3 is 2.00 bits per heavy atom. The monoisotopic (exact) mass is 175 g/mol. The third kappa shape index (κ3) is 11.7. The van der Waals surface area contributed by atoms with Gasteiger partial charge in [0.25, 0.3) is 0 Å². The Hall–Kier alpha value is -1.10. The molecule has 0 saturated carbocycles. The Kier molecular flexibility index (Phi) is 11.1. The van der Waals surface area contributed by atoms with Crippen molar-refractivity contribution in [3.63, 3.8) is 0 Å². The van der Waals surface area contributed by atoms with Crippen molar-refractivity contribution in [2.45, 2.75) is 13.3 Å². The number of hydrogen-bond acceptors (Lipinski definition) is 3. The van der Waals surface area contributed by atoms with Crippen LogP contribution < -0.4 is 16.4 Å². The molecule has 0 aromatic heterocycles. The summed E-state index contributed by atoms with van der Waals surface area (Å²) in [6, 6.07) is 0. The standard InChI is InChI=1S/C5H10N2O2.C2H7N/c1-2-3-7-5(9)4(6)8;1-3-2/h2-3H2,1H3,(H2,6,8)(H,7,9);3H,1-2H3. The van der Waals surface area contributed by atoms with Crippen molar-refractivity contribution < 1.29 is 9.59 Å². The van der Waals surface area contributed by atoms with Gasteiger partial charge in [-0.2, -0.15) is 0 Å². The predicted molar refractivity (Wildman–Crippen MR) is 47.5 cm³/mol. The van der Waals surface area contributed by atoms with Gasteiger partial charge in [-0.05, 0) is 20.5 Å². The molecule has 0 aromatic carbocycles. The minimum absolute atomic E-state index is 0.502. The van der Waals surface area contributed by atoms with E-state index in [2.05, 4.69) is 16.4 Å². The van der Waals surface area contributed by atoms with E-state index in [4.69, 9.17) is 0 Å². The number of hydrogen-bond donors (Lipinski definition) is 3. The number of carbonyl (C=O) groups excluding carboxylic acids is 2. The Balaban J connectivity index is 0. The van der Waals surface area contributed by atoms with Gasteiger partial charge in [-0.3, -0.25) is 9.59 Å². The van der Waals surface area contributed by atoms with Crippen LogP contribution in [-0.2, 0) is 9.59 Å². The first-order chi connectivity index (χ1) is 5.59. The second-order valence-corrected chi connectivity index (χ2v) is 2.12. The second kappa shape index (κ2) is 9.90. The highest BCUT2D eigenvalue weighted by Gasteiger charge is 2.04. The Bertz CT molecular complexity index is 137. The van der Waals surface area contributed by atoms with E-state index in [9.17, 15) is 9.59 Å². The molecule has 0 radical (unpaired) electrons. The molecule has 0 aliphatic heterocycles. The Morgan fingerprint density at radius 2 is 1.75 bits per heavy atom. The average Bonchev–Trinajstić information content (AvgIpc) is 2.01.